The van der Waals surface area contributed by atoms with Crippen molar-refractivity contribution in [2.24, 2.45) is 5.92 Å². The van der Waals surface area contributed by atoms with Crippen LogP contribution < -0.4 is 0 Å². The Balaban J connectivity index is 1.78. The lowest BCUT2D eigenvalue weighted by molar-refractivity contribution is -0.137. The number of hydrogen-bond donors (Lipinski definition) is 1. The zero-order valence-electron chi connectivity index (χ0n) is 15.2. The molecule has 156 valence electrons. The zero-order chi connectivity index (χ0) is 21.0. The summed E-state index contributed by atoms with van der Waals surface area (Å²) in [5.74, 6) is -0.376. The molecule has 1 aliphatic carbocycles. The van der Waals surface area contributed by atoms with Crippen molar-refractivity contribution in [1.29, 1.82) is 0 Å². The summed E-state index contributed by atoms with van der Waals surface area (Å²) in [5, 5.41) is 10.9. The maximum Gasteiger partial charge on any atom is 0.416 e. The van der Waals surface area contributed by atoms with E-state index in [1.54, 1.807) is 0 Å². The molecule has 0 aromatic heterocycles. The molecular weight excluding hydrogens is 427 g/mol. The van der Waals surface area contributed by atoms with Crippen LogP contribution >= 0.6 is 11.6 Å². The number of aliphatic hydroxyl groups is 1. The lowest BCUT2D eigenvalue weighted by atomic mass is 9.72. The summed E-state index contributed by atoms with van der Waals surface area (Å²) >= 11 is 5.87. The van der Waals surface area contributed by atoms with Crippen molar-refractivity contribution < 1.29 is 26.7 Å². The van der Waals surface area contributed by atoms with Crippen molar-refractivity contribution in [2.45, 2.75) is 48.5 Å². The van der Waals surface area contributed by atoms with Gasteiger partial charge in [0.25, 0.3) is 0 Å². The standard InChI is InChI=1S/C20H19ClF3NO3S/c21-14-5-8-16(9-6-14)29(27,28)25-15-7-10-17(18(26)11-15)19(25)12-1-3-13(4-2-12)20(22,23)24/h1-6,8-9,15,17-19,26H,7,10-11H2/t15-,17+,18+,19+/m0/s1. The van der Waals surface area contributed by atoms with Gasteiger partial charge in [-0.2, -0.15) is 17.5 Å². The Bertz CT molecular complexity index is 993. The van der Waals surface area contributed by atoms with Gasteiger partial charge in [0.05, 0.1) is 22.6 Å². The van der Waals surface area contributed by atoms with E-state index in [4.69, 9.17) is 11.6 Å². The van der Waals surface area contributed by atoms with Gasteiger partial charge in [-0.1, -0.05) is 23.7 Å². The molecule has 2 aromatic rings. The third-order valence-electron chi connectivity index (χ3n) is 5.85. The molecule has 3 aliphatic rings. The predicted molar refractivity (Wildman–Crippen MR) is 102 cm³/mol. The molecule has 2 bridgehead atoms. The monoisotopic (exact) mass is 445 g/mol. The minimum absolute atomic E-state index is 0.0702. The average molecular weight is 446 g/mol. The Morgan fingerprint density at radius 3 is 2.17 bits per heavy atom. The van der Waals surface area contributed by atoms with Gasteiger partial charge in [0, 0.05) is 17.0 Å². The fourth-order valence-corrected chi connectivity index (χ4v) is 6.51. The number of piperidine rings is 2. The van der Waals surface area contributed by atoms with Gasteiger partial charge in [0.2, 0.25) is 10.0 Å². The molecule has 29 heavy (non-hydrogen) atoms. The van der Waals surface area contributed by atoms with Crippen molar-refractivity contribution in [3.8, 4) is 0 Å². The van der Waals surface area contributed by atoms with Gasteiger partial charge in [0.1, 0.15) is 0 Å². The number of nitrogens with zero attached hydrogens (tertiary/aromatic N) is 1. The van der Waals surface area contributed by atoms with Crippen molar-refractivity contribution in [1.82, 2.24) is 4.31 Å². The third kappa shape index (κ3) is 3.67. The number of sulfonamides is 1. The van der Waals surface area contributed by atoms with E-state index in [9.17, 15) is 26.7 Å². The summed E-state index contributed by atoms with van der Waals surface area (Å²) in [5.41, 5.74) is -0.348. The zero-order valence-corrected chi connectivity index (χ0v) is 16.8. The molecule has 3 fully saturated rings. The Morgan fingerprint density at radius 2 is 1.62 bits per heavy atom. The van der Waals surface area contributed by atoms with Gasteiger partial charge in [-0.15, -0.1) is 0 Å². The van der Waals surface area contributed by atoms with Crippen molar-refractivity contribution >= 4 is 21.6 Å². The van der Waals surface area contributed by atoms with Gasteiger partial charge < -0.3 is 5.11 Å². The lowest BCUT2D eigenvalue weighted by Crippen LogP contribution is -2.57. The van der Waals surface area contributed by atoms with E-state index < -0.39 is 40.0 Å². The maximum absolute atomic E-state index is 13.4. The minimum Gasteiger partial charge on any atom is -0.393 e. The largest absolute Gasteiger partial charge is 0.416 e. The fraction of sp³-hybridized carbons (Fsp3) is 0.400. The quantitative estimate of drug-likeness (QED) is 0.749. The average Bonchev–Trinajstić information content (AvgIpc) is 2.67. The first kappa shape index (κ1) is 20.7. The van der Waals surface area contributed by atoms with Crippen LogP contribution in [0.3, 0.4) is 0 Å². The van der Waals surface area contributed by atoms with Crippen LogP contribution in [0.5, 0.6) is 0 Å². The van der Waals surface area contributed by atoms with Crippen LogP contribution in [0, 0.1) is 5.92 Å². The highest BCUT2D eigenvalue weighted by molar-refractivity contribution is 7.89. The second-order valence-electron chi connectivity index (χ2n) is 7.55. The van der Waals surface area contributed by atoms with Crippen LogP contribution in [-0.2, 0) is 16.2 Å². The molecule has 2 heterocycles. The van der Waals surface area contributed by atoms with E-state index in [0.717, 1.165) is 12.1 Å². The molecule has 0 spiro atoms. The lowest BCUT2D eigenvalue weighted by Gasteiger charge is -2.52. The molecule has 4 atom stereocenters. The number of rotatable bonds is 3. The smallest absolute Gasteiger partial charge is 0.393 e. The van der Waals surface area contributed by atoms with E-state index in [1.165, 1.54) is 40.7 Å². The summed E-state index contributed by atoms with van der Waals surface area (Å²) < 4.78 is 67.0. The minimum atomic E-state index is -4.47. The second kappa shape index (κ2) is 7.27. The summed E-state index contributed by atoms with van der Waals surface area (Å²) in [4.78, 5) is 0.0702. The number of halogens is 4. The van der Waals surface area contributed by atoms with E-state index in [2.05, 4.69) is 0 Å². The topological polar surface area (TPSA) is 57.6 Å². The molecule has 0 radical (unpaired) electrons. The highest BCUT2D eigenvalue weighted by Crippen LogP contribution is 2.50. The third-order valence-corrected chi connectivity index (χ3v) is 8.05. The summed E-state index contributed by atoms with van der Waals surface area (Å²) in [6.45, 7) is 0. The van der Waals surface area contributed by atoms with E-state index in [0.29, 0.717) is 29.8 Å². The van der Waals surface area contributed by atoms with Gasteiger partial charge in [-0.25, -0.2) is 8.42 Å². The van der Waals surface area contributed by atoms with Gasteiger partial charge in [-0.3, -0.25) is 0 Å². The van der Waals surface area contributed by atoms with Crippen LogP contribution in [0.4, 0.5) is 13.2 Å². The first-order chi connectivity index (χ1) is 13.6. The van der Waals surface area contributed by atoms with Gasteiger partial charge in [-0.05, 0) is 61.2 Å². The van der Waals surface area contributed by atoms with Gasteiger partial charge in [0.15, 0.2) is 0 Å². The highest BCUT2D eigenvalue weighted by Gasteiger charge is 2.52. The second-order valence-corrected chi connectivity index (χ2v) is 9.83. The van der Waals surface area contributed by atoms with Crippen LogP contribution in [0.1, 0.15) is 36.4 Å². The number of alkyl halides is 3. The van der Waals surface area contributed by atoms with Crippen LogP contribution in [0.15, 0.2) is 53.4 Å². The number of fused-ring (bicyclic) bond motifs is 3. The molecule has 0 amide bonds. The predicted octanol–water partition coefficient (Wildman–Crippen LogP) is 4.63. The van der Waals surface area contributed by atoms with Crippen molar-refractivity contribution in [3.05, 3.63) is 64.7 Å². The van der Waals surface area contributed by atoms with E-state index >= 15 is 0 Å². The summed E-state index contributed by atoms with van der Waals surface area (Å²) in [6.07, 6.45) is -3.64. The molecule has 0 unspecified atom stereocenters. The van der Waals surface area contributed by atoms with Crippen LogP contribution in [0.2, 0.25) is 5.02 Å². The molecule has 1 saturated carbocycles. The summed E-state index contributed by atoms with van der Waals surface area (Å²) in [7, 11) is -3.93. The molecule has 9 heteroatoms. The Kier molecular flexibility index (Phi) is 5.17. The molecule has 4 nitrogen and oxygen atoms in total. The normalized spacial score (nSPS) is 27.9. The van der Waals surface area contributed by atoms with Crippen LogP contribution in [0.25, 0.3) is 0 Å². The molecule has 5 rings (SSSR count). The number of hydrogen-bond acceptors (Lipinski definition) is 3. The number of aliphatic hydroxyl groups excluding tert-OH is 1. The molecule has 2 aromatic carbocycles. The van der Waals surface area contributed by atoms with Crippen molar-refractivity contribution in [3.63, 3.8) is 0 Å². The molecule has 2 aliphatic heterocycles. The Morgan fingerprint density at radius 1 is 1.00 bits per heavy atom. The van der Waals surface area contributed by atoms with E-state index in [-0.39, 0.29) is 10.8 Å². The maximum atomic E-state index is 13.4. The highest BCUT2D eigenvalue weighted by atomic mass is 35.5. The number of benzene rings is 2. The van der Waals surface area contributed by atoms with E-state index in [1.807, 2.05) is 0 Å². The molecular formula is C20H19ClF3NO3S. The van der Waals surface area contributed by atoms with Crippen LogP contribution in [-0.4, -0.2) is 30.0 Å². The summed E-state index contributed by atoms with van der Waals surface area (Å²) in [6, 6.07) is 9.20. The first-order valence-corrected chi connectivity index (χ1v) is 11.0. The molecule has 2 saturated heterocycles. The Labute approximate surface area is 172 Å². The first-order valence-electron chi connectivity index (χ1n) is 9.23. The van der Waals surface area contributed by atoms with Gasteiger partial charge >= 0.3 is 6.18 Å². The molecule has 1 N–H and O–H groups in total. The Hall–Kier alpha value is -1.61. The fourth-order valence-electron chi connectivity index (χ4n) is 4.50. The SMILES string of the molecule is O=S(=O)(c1ccc(Cl)cc1)N1[C@H]2CC[C@H]([C@H](O)C2)[C@H]1c1ccc(C(F)(F)F)cc1. The van der Waals surface area contributed by atoms with Crippen molar-refractivity contribution in [2.75, 3.05) is 0 Å².